The Morgan fingerprint density at radius 2 is 0.374 bits per heavy atom. The number of nitrogens with zero attached hydrogens (tertiary/aromatic N) is 3. The summed E-state index contributed by atoms with van der Waals surface area (Å²) in [6.45, 7) is 25.4. The molecule has 131 heavy (non-hydrogen) atoms. The molecule has 15 aromatic carbocycles. The Labute approximate surface area is 787 Å². The first kappa shape index (κ1) is 93.4. The quantitative estimate of drug-likeness (QED) is 0.0353. The van der Waals surface area contributed by atoms with Gasteiger partial charge in [-0.2, -0.15) is 0 Å². The van der Waals surface area contributed by atoms with Gasteiger partial charge >= 0.3 is 0 Å². The Hall–Kier alpha value is -12.3. The van der Waals surface area contributed by atoms with Gasteiger partial charge in [0.2, 0.25) is 0 Å². The standard InChI is InChI=1S/C128H141N3/c1-13-20-24-28-35-111-89-126(112(85-92(111)8)36-29-25-21-14-2)124-83-80-121(87-94(124)10)130(116-71-61-107(62-72-116)100-47-41-97(33-18-6)42-48-100)118-75-65-109(66-76-118)104-55-51-102(52-56-104)103-53-57-105(58-54-103)110-67-77-119(78-68-110)131(117-73-63-108(64-74-117)101-49-43-98(34-19-7)44-50-101)122-81-84-125(95(11)88-122)128-91-113(37-30-26-22-15-3)127(90-114(128)38-31-27-23-16-4)123-82-79-120(86-93(123)9)129(12)115-69-59-106(60-70-115)99-45-39-96(32-17-5)40-46-99/h39-91H,13-38H2,1-12H3. The number of hydrogen-bond donors (Lipinski definition) is 0. The van der Waals surface area contributed by atoms with E-state index in [2.05, 4.69) is 419 Å². The van der Waals surface area contributed by atoms with Crippen molar-refractivity contribution >= 4 is 45.5 Å². The van der Waals surface area contributed by atoms with E-state index in [4.69, 9.17) is 0 Å². The lowest BCUT2D eigenvalue weighted by Crippen LogP contribution is -2.10. The molecule has 0 spiro atoms. The molecule has 0 saturated heterocycles. The maximum atomic E-state index is 2.62. The Bertz CT molecular complexity index is 6150. The zero-order valence-corrected chi connectivity index (χ0v) is 80.8. The highest BCUT2D eigenvalue weighted by Crippen LogP contribution is 2.46. The van der Waals surface area contributed by atoms with Crippen molar-refractivity contribution in [3.63, 3.8) is 0 Å². The fourth-order valence-electron chi connectivity index (χ4n) is 19.8. The van der Waals surface area contributed by atoms with Crippen LogP contribution in [0.3, 0.4) is 0 Å². The normalized spacial score (nSPS) is 11.4. The van der Waals surface area contributed by atoms with E-state index in [0.29, 0.717) is 0 Å². The first-order chi connectivity index (χ1) is 64.2. The van der Waals surface area contributed by atoms with E-state index in [0.717, 1.165) is 105 Å². The highest BCUT2D eigenvalue weighted by atomic mass is 15.1. The number of benzene rings is 15. The van der Waals surface area contributed by atoms with Gasteiger partial charge in [-0.3, -0.25) is 0 Å². The van der Waals surface area contributed by atoms with Gasteiger partial charge in [0.05, 0.1) is 0 Å². The van der Waals surface area contributed by atoms with Crippen LogP contribution in [0.5, 0.6) is 0 Å². The number of rotatable bonds is 43. The summed E-state index contributed by atoms with van der Waals surface area (Å²) in [6, 6.07) is 124. The molecule has 0 aliphatic rings. The van der Waals surface area contributed by atoms with Crippen LogP contribution in [-0.2, 0) is 44.9 Å². The fraction of sp³-hybridized carbons (Fsp3) is 0.297. The third kappa shape index (κ3) is 23.4. The molecule has 0 bridgehead atoms. The first-order valence-electron chi connectivity index (χ1n) is 50.1. The van der Waals surface area contributed by atoms with E-state index >= 15 is 0 Å². The molecule has 668 valence electrons. The molecule has 0 heterocycles. The molecule has 0 atom stereocenters. The lowest BCUT2D eigenvalue weighted by Gasteiger charge is -2.27. The smallest absolute Gasteiger partial charge is 0.0464 e. The highest BCUT2D eigenvalue weighted by Gasteiger charge is 2.23. The lowest BCUT2D eigenvalue weighted by atomic mass is 9.84. The van der Waals surface area contributed by atoms with Crippen LogP contribution in [0.4, 0.5) is 45.5 Å². The second-order valence-corrected chi connectivity index (χ2v) is 37.3. The molecule has 0 aliphatic heterocycles. The van der Waals surface area contributed by atoms with Crippen molar-refractivity contribution in [2.24, 2.45) is 0 Å². The van der Waals surface area contributed by atoms with Crippen molar-refractivity contribution in [1.82, 2.24) is 0 Å². The van der Waals surface area contributed by atoms with Gasteiger partial charge in [-0.25, -0.2) is 0 Å². The fourth-order valence-corrected chi connectivity index (χ4v) is 19.8. The summed E-state index contributed by atoms with van der Waals surface area (Å²) in [5.74, 6) is 0. The number of unbranched alkanes of at least 4 members (excludes halogenated alkanes) is 12. The van der Waals surface area contributed by atoms with Crippen molar-refractivity contribution in [2.45, 2.75) is 243 Å². The molecule has 15 rings (SSSR count). The van der Waals surface area contributed by atoms with E-state index in [1.165, 1.54) is 269 Å². The zero-order valence-electron chi connectivity index (χ0n) is 80.8. The van der Waals surface area contributed by atoms with Crippen molar-refractivity contribution in [3.05, 3.63) is 383 Å². The Kier molecular flexibility index (Phi) is 32.8. The van der Waals surface area contributed by atoms with Crippen molar-refractivity contribution in [3.8, 4) is 100 Å². The molecule has 0 aliphatic carbocycles. The second-order valence-electron chi connectivity index (χ2n) is 37.3. The van der Waals surface area contributed by atoms with E-state index in [1.807, 2.05) is 0 Å². The minimum Gasteiger partial charge on any atom is -0.345 e. The monoisotopic (exact) mass is 1720 g/mol. The van der Waals surface area contributed by atoms with E-state index in [1.54, 1.807) is 0 Å². The molecule has 0 unspecified atom stereocenters. The van der Waals surface area contributed by atoms with Crippen LogP contribution < -0.4 is 14.7 Å². The summed E-state index contributed by atoms with van der Waals surface area (Å²) in [4.78, 5) is 7.24. The highest BCUT2D eigenvalue weighted by molar-refractivity contribution is 5.88. The zero-order chi connectivity index (χ0) is 91.0. The third-order valence-electron chi connectivity index (χ3n) is 27.5. The molecule has 0 amide bonds. The minimum atomic E-state index is 1.04. The summed E-state index contributed by atoms with van der Waals surface area (Å²) in [6.07, 6.45) is 30.9. The van der Waals surface area contributed by atoms with Gasteiger partial charge in [0.1, 0.15) is 0 Å². The summed E-state index contributed by atoms with van der Waals surface area (Å²) < 4.78 is 0. The van der Waals surface area contributed by atoms with Crippen molar-refractivity contribution in [2.75, 3.05) is 21.7 Å². The van der Waals surface area contributed by atoms with Crippen LogP contribution in [0, 0.1) is 27.7 Å². The van der Waals surface area contributed by atoms with Gasteiger partial charge in [0, 0.05) is 52.5 Å². The summed E-state index contributed by atoms with van der Waals surface area (Å²) in [5, 5.41) is 0. The predicted molar refractivity (Wildman–Crippen MR) is 572 cm³/mol. The molecule has 3 nitrogen and oxygen atoms in total. The minimum absolute atomic E-state index is 1.04. The Balaban J connectivity index is 0.694. The van der Waals surface area contributed by atoms with E-state index < -0.39 is 0 Å². The summed E-state index contributed by atoms with van der Waals surface area (Å²) >= 11 is 0. The van der Waals surface area contributed by atoms with Gasteiger partial charge in [0.15, 0.2) is 0 Å². The van der Waals surface area contributed by atoms with Gasteiger partial charge < -0.3 is 14.7 Å². The molecule has 0 fully saturated rings. The third-order valence-corrected chi connectivity index (χ3v) is 27.5. The molecule has 15 aromatic rings. The SMILES string of the molecule is CCCCCCc1cc(-c2ccc(N(c3ccc(-c4ccc(CCC)cc4)cc3)c3ccc(-c4ccc(-c5ccc(-c6ccc(N(c7ccc(-c8ccc(CCC)cc8)cc7)c7ccc(-c8cc(CCCCCC)c(-c9ccc(N(C)c%10ccc(-c%11ccc(CCC)cc%11)cc%10)cc9C)cc8CCCCCC)c(C)c7)cc6)cc5)cc4)cc3)cc2C)c(CCCCCC)cc1C. The Morgan fingerprint density at radius 1 is 0.160 bits per heavy atom. The van der Waals surface area contributed by atoms with Crippen molar-refractivity contribution < 1.29 is 0 Å². The van der Waals surface area contributed by atoms with Gasteiger partial charge in [-0.05, 0) is 357 Å². The Morgan fingerprint density at radius 3 is 0.634 bits per heavy atom. The van der Waals surface area contributed by atoms with Crippen molar-refractivity contribution in [1.29, 1.82) is 0 Å². The van der Waals surface area contributed by atoms with Gasteiger partial charge in [-0.15, -0.1) is 0 Å². The summed E-state index contributed by atoms with van der Waals surface area (Å²) in [7, 11) is 2.21. The van der Waals surface area contributed by atoms with E-state index in [9.17, 15) is 0 Å². The van der Waals surface area contributed by atoms with Crippen LogP contribution in [-0.4, -0.2) is 7.05 Å². The largest absolute Gasteiger partial charge is 0.345 e. The number of anilines is 8. The maximum absolute atomic E-state index is 2.62. The lowest BCUT2D eigenvalue weighted by molar-refractivity contribution is 0.662. The van der Waals surface area contributed by atoms with Crippen LogP contribution in [0.25, 0.3) is 100 Å². The van der Waals surface area contributed by atoms with Crippen LogP contribution >= 0.6 is 0 Å². The van der Waals surface area contributed by atoms with Crippen LogP contribution in [0.15, 0.2) is 322 Å². The van der Waals surface area contributed by atoms with Gasteiger partial charge in [0.25, 0.3) is 0 Å². The molecule has 0 N–H and O–H groups in total. The average Bonchev–Trinajstić information content (AvgIpc) is 0.765. The molecular formula is C128H141N3. The second kappa shape index (κ2) is 46.0. The summed E-state index contributed by atoms with van der Waals surface area (Å²) in [5.41, 5.74) is 47.3. The number of hydrogen-bond acceptors (Lipinski definition) is 3. The predicted octanol–water partition coefficient (Wildman–Crippen LogP) is 38.0. The average molecular weight is 1720 g/mol. The first-order valence-corrected chi connectivity index (χ1v) is 50.1. The van der Waals surface area contributed by atoms with Crippen LogP contribution in [0.2, 0.25) is 0 Å². The number of aryl methyl sites for hydroxylation is 11. The van der Waals surface area contributed by atoms with Gasteiger partial charge in [-0.1, -0.05) is 369 Å². The molecule has 0 radical (unpaired) electrons. The molecule has 0 saturated carbocycles. The van der Waals surface area contributed by atoms with Crippen LogP contribution in [0.1, 0.15) is 232 Å². The molecule has 3 heteroatoms. The topological polar surface area (TPSA) is 9.72 Å². The molecule has 0 aromatic heterocycles. The van der Waals surface area contributed by atoms with E-state index in [-0.39, 0.29) is 0 Å². The molecular weight excluding hydrogens is 1580 g/mol. The maximum Gasteiger partial charge on any atom is 0.0464 e.